The highest BCUT2D eigenvalue weighted by atomic mass is 16.6. The molecule has 0 aromatic rings. The van der Waals surface area contributed by atoms with Crippen LogP contribution in [-0.4, -0.2) is 47.8 Å². The Morgan fingerprint density at radius 1 is 1.25 bits per heavy atom. The summed E-state index contributed by atoms with van der Waals surface area (Å²) in [7, 11) is 1.32. The molecular weight excluding hydrogens is 260 g/mol. The summed E-state index contributed by atoms with van der Waals surface area (Å²) < 4.78 is 10.2. The van der Waals surface area contributed by atoms with E-state index in [-0.39, 0.29) is 18.0 Å². The number of carbonyl (C=O) groups is 2. The zero-order chi connectivity index (χ0) is 15.1. The van der Waals surface area contributed by atoms with E-state index in [1.807, 2.05) is 0 Å². The van der Waals surface area contributed by atoms with Crippen LogP contribution >= 0.6 is 0 Å². The van der Waals surface area contributed by atoms with Crippen molar-refractivity contribution >= 4 is 12.1 Å². The predicted molar refractivity (Wildman–Crippen MR) is 73.0 cm³/mol. The van der Waals surface area contributed by atoms with Crippen LogP contribution in [0.4, 0.5) is 4.79 Å². The highest BCUT2D eigenvalue weighted by Crippen LogP contribution is 2.41. The number of nitrogens with zero attached hydrogens (tertiary/aromatic N) is 1. The Bertz CT molecular complexity index is 404. The standard InChI is InChI=1S/C14H24N2O4/c1-14(2,3)20-13(18)16-9-7-5-6-8(9)10(15)11(16)12(17)19-4/h8-11H,5-7,15H2,1-4H3/t8-,9+,10+,11-/m0/s1. The van der Waals surface area contributed by atoms with Crippen molar-refractivity contribution in [3.8, 4) is 0 Å². The van der Waals surface area contributed by atoms with Gasteiger partial charge in [0.2, 0.25) is 0 Å². The molecule has 114 valence electrons. The molecule has 0 spiro atoms. The molecule has 0 aromatic heterocycles. The normalized spacial score (nSPS) is 33.0. The number of likely N-dealkylation sites (tertiary alicyclic amines) is 1. The van der Waals surface area contributed by atoms with Crippen LogP contribution in [0.5, 0.6) is 0 Å². The Kier molecular flexibility index (Phi) is 3.95. The zero-order valence-corrected chi connectivity index (χ0v) is 12.6. The molecule has 2 aliphatic rings. The number of ether oxygens (including phenoxy) is 2. The predicted octanol–water partition coefficient (Wildman–Crippen LogP) is 1.27. The molecule has 1 saturated carbocycles. The molecule has 1 amide bonds. The molecule has 2 N–H and O–H groups in total. The highest BCUT2D eigenvalue weighted by molar-refractivity contribution is 5.83. The van der Waals surface area contributed by atoms with Gasteiger partial charge in [-0.3, -0.25) is 4.90 Å². The van der Waals surface area contributed by atoms with E-state index in [1.54, 1.807) is 20.8 Å². The number of nitrogens with two attached hydrogens (primary N) is 1. The van der Waals surface area contributed by atoms with Gasteiger partial charge in [-0.2, -0.15) is 0 Å². The van der Waals surface area contributed by atoms with Crippen molar-refractivity contribution < 1.29 is 19.1 Å². The summed E-state index contributed by atoms with van der Waals surface area (Å²) in [4.78, 5) is 25.9. The van der Waals surface area contributed by atoms with Crippen molar-refractivity contribution in [2.75, 3.05) is 7.11 Å². The van der Waals surface area contributed by atoms with Gasteiger partial charge in [0, 0.05) is 12.1 Å². The van der Waals surface area contributed by atoms with Gasteiger partial charge in [0.05, 0.1) is 7.11 Å². The van der Waals surface area contributed by atoms with E-state index in [0.29, 0.717) is 0 Å². The second kappa shape index (κ2) is 5.24. The molecule has 6 heteroatoms. The number of hydrogen-bond acceptors (Lipinski definition) is 5. The number of amides is 1. The summed E-state index contributed by atoms with van der Waals surface area (Å²) in [5.74, 6) is -0.302. The smallest absolute Gasteiger partial charge is 0.411 e. The van der Waals surface area contributed by atoms with Crippen LogP contribution in [0.2, 0.25) is 0 Å². The second-order valence-corrected chi connectivity index (χ2v) is 6.60. The molecule has 1 saturated heterocycles. The van der Waals surface area contributed by atoms with E-state index in [4.69, 9.17) is 15.2 Å². The third kappa shape index (κ3) is 2.61. The van der Waals surface area contributed by atoms with Gasteiger partial charge in [-0.25, -0.2) is 9.59 Å². The van der Waals surface area contributed by atoms with Crippen LogP contribution in [0.1, 0.15) is 40.0 Å². The average molecular weight is 284 g/mol. The van der Waals surface area contributed by atoms with E-state index in [2.05, 4.69) is 0 Å². The summed E-state index contributed by atoms with van der Waals surface area (Å²) in [5.41, 5.74) is 5.58. The van der Waals surface area contributed by atoms with Crippen molar-refractivity contribution in [2.24, 2.45) is 11.7 Å². The topological polar surface area (TPSA) is 81.9 Å². The fourth-order valence-corrected chi connectivity index (χ4v) is 3.34. The van der Waals surface area contributed by atoms with Crippen LogP contribution < -0.4 is 5.73 Å². The van der Waals surface area contributed by atoms with Crippen molar-refractivity contribution in [2.45, 2.75) is 63.8 Å². The maximum absolute atomic E-state index is 12.4. The third-order valence-electron chi connectivity index (χ3n) is 4.09. The Balaban J connectivity index is 2.25. The number of esters is 1. The molecule has 20 heavy (non-hydrogen) atoms. The zero-order valence-electron chi connectivity index (χ0n) is 12.6. The largest absolute Gasteiger partial charge is 0.467 e. The quantitative estimate of drug-likeness (QED) is 0.733. The SMILES string of the molecule is COC(=O)[C@@H]1[C@H](N)[C@H]2CCC[C@H]2N1C(=O)OC(C)(C)C. The first-order valence-electron chi connectivity index (χ1n) is 7.11. The second-order valence-electron chi connectivity index (χ2n) is 6.60. The van der Waals surface area contributed by atoms with Crippen molar-refractivity contribution in [3.63, 3.8) is 0 Å². The van der Waals surface area contributed by atoms with Gasteiger partial charge >= 0.3 is 12.1 Å². The molecule has 1 heterocycles. The molecule has 0 radical (unpaired) electrons. The maximum atomic E-state index is 12.4. The molecule has 2 rings (SSSR count). The van der Waals surface area contributed by atoms with Gasteiger partial charge in [-0.05, 0) is 39.5 Å². The van der Waals surface area contributed by atoms with Gasteiger partial charge in [0.25, 0.3) is 0 Å². The number of fused-ring (bicyclic) bond motifs is 1. The van der Waals surface area contributed by atoms with Crippen LogP contribution in [0.3, 0.4) is 0 Å². The summed E-state index contributed by atoms with van der Waals surface area (Å²) in [6, 6.07) is -1.11. The lowest BCUT2D eigenvalue weighted by molar-refractivity contribution is -0.146. The fraction of sp³-hybridized carbons (Fsp3) is 0.857. The monoisotopic (exact) mass is 284 g/mol. The van der Waals surface area contributed by atoms with Crippen molar-refractivity contribution in [1.82, 2.24) is 4.90 Å². The molecule has 4 atom stereocenters. The summed E-state index contributed by atoms with van der Waals surface area (Å²) >= 11 is 0. The summed E-state index contributed by atoms with van der Waals surface area (Å²) in [6.07, 6.45) is 2.36. The minimum absolute atomic E-state index is 0.0102. The molecule has 1 aliphatic carbocycles. The Morgan fingerprint density at radius 2 is 1.90 bits per heavy atom. The van der Waals surface area contributed by atoms with Gasteiger partial charge in [0.1, 0.15) is 11.6 Å². The Labute approximate surface area is 119 Å². The van der Waals surface area contributed by atoms with E-state index in [1.165, 1.54) is 12.0 Å². The lowest BCUT2D eigenvalue weighted by atomic mass is 9.96. The van der Waals surface area contributed by atoms with E-state index >= 15 is 0 Å². The number of rotatable bonds is 1. The molecular formula is C14H24N2O4. The number of methoxy groups -OCH3 is 1. The highest BCUT2D eigenvalue weighted by Gasteiger charge is 2.55. The van der Waals surface area contributed by atoms with Crippen LogP contribution in [0, 0.1) is 5.92 Å². The van der Waals surface area contributed by atoms with E-state index in [0.717, 1.165) is 19.3 Å². The van der Waals surface area contributed by atoms with Gasteiger partial charge in [0.15, 0.2) is 0 Å². The van der Waals surface area contributed by atoms with Crippen molar-refractivity contribution in [1.29, 1.82) is 0 Å². The third-order valence-corrected chi connectivity index (χ3v) is 4.09. The van der Waals surface area contributed by atoms with Gasteiger partial charge < -0.3 is 15.2 Å². The maximum Gasteiger partial charge on any atom is 0.411 e. The first kappa shape index (κ1) is 15.1. The first-order valence-corrected chi connectivity index (χ1v) is 7.11. The Morgan fingerprint density at radius 3 is 2.45 bits per heavy atom. The summed E-state index contributed by atoms with van der Waals surface area (Å²) in [5, 5.41) is 0. The van der Waals surface area contributed by atoms with Gasteiger partial charge in [-0.1, -0.05) is 6.42 Å². The summed E-state index contributed by atoms with van der Waals surface area (Å²) in [6.45, 7) is 5.42. The molecule has 0 bridgehead atoms. The van der Waals surface area contributed by atoms with Gasteiger partial charge in [-0.15, -0.1) is 0 Å². The number of hydrogen-bond donors (Lipinski definition) is 1. The minimum atomic E-state index is -0.731. The molecule has 2 fully saturated rings. The van der Waals surface area contributed by atoms with Crippen LogP contribution in [0.25, 0.3) is 0 Å². The lowest BCUT2D eigenvalue weighted by Crippen LogP contribution is -2.51. The molecule has 1 aliphatic heterocycles. The average Bonchev–Trinajstić information content (AvgIpc) is 2.88. The van der Waals surface area contributed by atoms with Crippen LogP contribution in [0.15, 0.2) is 0 Å². The van der Waals surface area contributed by atoms with E-state index < -0.39 is 23.7 Å². The number of carbonyl (C=O) groups excluding carboxylic acids is 2. The first-order chi connectivity index (χ1) is 9.26. The minimum Gasteiger partial charge on any atom is -0.467 e. The lowest BCUT2D eigenvalue weighted by Gasteiger charge is -2.31. The van der Waals surface area contributed by atoms with Crippen molar-refractivity contribution in [3.05, 3.63) is 0 Å². The molecule has 0 unspecified atom stereocenters. The van der Waals surface area contributed by atoms with E-state index in [9.17, 15) is 9.59 Å². The van der Waals surface area contributed by atoms with Crippen LogP contribution in [-0.2, 0) is 14.3 Å². The molecule has 6 nitrogen and oxygen atoms in total. The molecule has 0 aromatic carbocycles. The fourth-order valence-electron chi connectivity index (χ4n) is 3.34. The Hall–Kier alpha value is -1.30.